The molecule has 172 valence electrons. The first kappa shape index (κ1) is 21.4. The van der Waals surface area contributed by atoms with Gasteiger partial charge in [-0.05, 0) is 57.6 Å². The second kappa shape index (κ2) is 8.51. The van der Waals surface area contributed by atoms with Crippen LogP contribution in [0.3, 0.4) is 0 Å². The van der Waals surface area contributed by atoms with Crippen molar-refractivity contribution in [1.29, 1.82) is 0 Å². The van der Waals surface area contributed by atoms with Gasteiger partial charge in [-0.15, -0.1) is 0 Å². The summed E-state index contributed by atoms with van der Waals surface area (Å²) in [6.45, 7) is 6.87. The number of nitrogens with zero attached hydrogens (tertiary/aromatic N) is 7. The Morgan fingerprint density at radius 2 is 1.88 bits per heavy atom. The number of aromatic nitrogens is 7. The third kappa shape index (κ3) is 3.74. The Hall–Kier alpha value is -3.40. The lowest BCUT2D eigenvalue weighted by molar-refractivity contribution is 0.386. The molecule has 4 N–H and O–H groups in total. The van der Waals surface area contributed by atoms with Gasteiger partial charge in [0.15, 0.2) is 17.2 Å². The Morgan fingerprint density at radius 3 is 2.52 bits per heavy atom. The zero-order chi connectivity index (χ0) is 23.1. The highest BCUT2D eigenvalue weighted by atomic mass is 16.5. The molecule has 1 fully saturated rings. The molecular weight excluding hydrogens is 418 g/mol. The molecule has 0 amide bonds. The highest BCUT2D eigenvalue weighted by Gasteiger charge is 2.36. The molecule has 1 aliphatic carbocycles. The van der Waals surface area contributed by atoms with Crippen LogP contribution in [0.25, 0.3) is 33.8 Å². The lowest BCUT2D eigenvalue weighted by Gasteiger charge is -2.13. The average molecular weight is 448 g/mol. The first-order chi connectivity index (χ1) is 16.0. The van der Waals surface area contributed by atoms with E-state index in [2.05, 4.69) is 22.0 Å². The van der Waals surface area contributed by atoms with Gasteiger partial charge in [-0.1, -0.05) is 12.1 Å². The predicted octanol–water partition coefficient (Wildman–Crippen LogP) is 3.82. The van der Waals surface area contributed by atoms with Crippen molar-refractivity contribution in [3.05, 3.63) is 30.0 Å². The maximum atomic E-state index is 6.27. The quantitative estimate of drug-likeness (QED) is 0.411. The summed E-state index contributed by atoms with van der Waals surface area (Å²) < 4.78 is 7.68. The fourth-order valence-electron chi connectivity index (χ4n) is 4.31. The topological polar surface area (TPSA) is 147 Å². The van der Waals surface area contributed by atoms with Crippen molar-refractivity contribution in [2.45, 2.75) is 64.3 Å². The van der Waals surface area contributed by atoms with Crippen molar-refractivity contribution in [2.24, 2.45) is 5.73 Å². The highest BCUT2D eigenvalue weighted by Crippen LogP contribution is 2.47. The lowest BCUT2D eigenvalue weighted by Crippen LogP contribution is -2.07. The molecule has 10 heteroatoms. The molecule has 10 nitrogen and oxygen atoms in total. The molecule has 0 radical (unpaired) electrons. The minimum Gasteiger partial charge on any atom is -0.383 e. The highest BCUT2D eigenvalue weighted by molar-refractivity contribution is 6.00. The number of hydrogen-bond donors (Lipinski definition) is 2. The van der Waals surface area contributed by atoms with Crippen molar-refractivity contribution in [2.75, 3.05) is 12.3 Å². The van der Waals surface area contributed by atoms with E-state index in [9.17, 15) is 0 Å². The molecule has 4 heterocycles. The fourth-order valence-corrected chi connectivity index (χ4v) is 4.31. The van der Waals surface area contributed by atoms with Crippen LogP contribution in [-0.4, -0.2) is 41.4 Å². The Balaban J connectivity index is 1.67. The Bertz CT molecular complexity index is 1270. The number of hydrogen-bond acceptors (Lipinski definition) is 9. The molecule has 1 aliphatic rings. The molecule has 0 aromatic carbocycles. The van der Waals surface area contributed by atoms with Crippen LogP contribution >= 0.6 is 0 Å². The van der Waals surface area contributed by atoms with Crippen molar-refractivity contribution < 1.29 is 4.52 Å². The van der Waals surface area contributed by atoms with Crippen molar-refractivity contribution in [3.63, 3.8) is 0 Å². The van der Waals surface area contributed by atoms with Gasteiger partial charge in [0.25, 0.3) is 0 Å². The monoisotopic (exact) mass is 447 g/mol. The van der Waals surface area contributed by atoms with E-state index in [1.54, 1.807) is 0 Å². The third-order valence-electron chi connectivity index (χ3n) is 6.27. The average Bonchev–Trinajstić information content (AvgIpc) is 3.44. The van der Waals surface area contributed by atoms with Gasteiger partial charge in [0.05, 0.1) is 10.9 Å². The van der Waals surface area contributed by atoms with E-state index in [1.165, 1.54) is 6.33 Å². The summed E-state index contributed by atoms with van der Waals surface area (Å²) in [7, 11) is 0. The molecule has 1 unspecified atom stereocenters. The molecule has 4 aromatic heterocycles. The number of fused-ring (bicyclic) bond motifs is 1. The fraction of sp³-hybridized carbons (Fsp3) is 0.478. The van der Waals surface area contributed by atoms with Crippen LogP contribution < -0.4 is 11.5 Å². The van der Waals surface area contributed by atoms with E-state index in [-0.39, 0.29) is 6.04 Å². The van der Waals surface area contributed by atoms with Crippen molar-refractivity contribution in [3.8, 4) is 22.8 Å². The number of nitrogens with two attached hydrogens (primary N) is 2. The molecular formula is C23H29N9O. The van der Waals surface area contributed by atoms with E-state index < -0.39 is 0 Å². The van der Waals surface area contributed by atoms with Gasteiger partial charge in [0.1, 0.15) is 23.5 Å². The summed E-state index contributed by atoms with van der Waals surface area (Å²) in [4.78, 5) is 18.1. The summed E-state index contributed by atoms with van der Waals surface area (Å²) in [6, 6.07) is 0.0814. The summed E-state index contributed by atoms with van der Waals surface area (Å²) >= 11 is 0. The van der Waals surface area contributed by atoms with Gasteiger partial charge in [0.2, 0.25) is 0 Å². The zero-order valence-corrected chi connectivity index (χ0v) is 19.2. The van der Waals surface area contributed by atoms with Crippen LogP contribution in [0.5, 0.6) is 0 Å². The second-order valence-electron chi connectivity index (χ2n) is 8.91. The van der Waals surface area contributed by atoms with E-state index in [0.717, 1.165) is 42.6 Å². The number of anilines is 1. The Kier molecular flexibility index (Phi) is 5.53. The van der Waals surface area contributed by atoms with Crippen LogP contribution in [0.1, 0.15) is 75.7 Å². The number of nitrogen functional groups attached to an aromatic ring is 1. The molecule has 1 saturated carbocycles. The first-order valence-electron chi connectivity index (χ1n) is 11.5. The largest absolute Gasteiger partial charge is 0.383 e. The summed E-state index contributed by atoms with van der Waals surface area (Å²) in [6.07, 6.45) is 9.24. The van der Waals surface area contributed by atoms with Gasteiger partial charge in [-0.3, -0.25) is 0 Å². The van der Waals surface area contributed by atoms with Gasteiger partial charge >= 0.3 is 0 Å². The predicted molar refractivity (Wildman–Crippen MR) is 125 cm³/mol. The molecule has 0 spiro atoms. The van der Waals surface area contributed by atoms with E-state index in [0.29, 0.717) is 52.4 Å². The van der Waals surface area contributed by atoms with Crippen LogP contribution in [0.15, 0.2) is 23.2 Å². The maximum absolute atomic E-state index is 6.27. The summed E-state index contributed by atoms with van der Waals surface area (Å²) in [5, 5.41) is 9.92. The Labute approximate surface area is 191 Å². The van der Waals surface area contributed by atoms with E-state index in [4.69, 9.17) is 31.1 Å². The normalized spacial score (nSPS) is 14.9. The van der Waals surface area contributed by atoms with E-state index in [1.807, 2.05) is 30.9 Å². The second-order valence-corrected chi connectivity index (χ2v) is 8.91. The Morgan fingerprint density at radius 1 is 1.12 bits per heavy atom. The molecule has 0 aliphatic heterocycles. The van der Waals surface area contributed by atoms with Crippen LogP contribution in [-0.2, 0) is 0 Å². The smallest absolute Gasteiger partial charge is 0.165 e. The lowest BCUT2D eigenvalue weighted by atomic mass is 9.95. The van der Waals surface area contributed by atoms with Gasteiger partial charge in [-0.25, -0.2) is 24.6 Å². The third-order valence-corrected chi connectivity index (χ3v) is 6.27. The molecule has 0 bridgehead atoms. The van der Waals surface area contributed by atoms with Crippen molar-refractivity contribution >= 4 is 16.9 Å². The van der Waals surface area contributed by atoms with Gasteiger partial charge in [-0.2, -0.15) is 5.10 Å². The minimum absolute atomic E-state index is 0.0814. The summed E-state index contributed by atoms with van der Waals surface area (Å²) in [5.41, 5.74) is 15.7. The van der Waals surface area contributed by atoms with Crippen molar-refractivity contribution in [1.82, 2.24) is 34.9 Å². The van der Waals surface area contributed by atoms with E-state index >= 15 is 0 Å². The molecule has 33 heavy (non-hydrogen) atoms. The SMILES string of the molecule is CCC(CCN)c1cnc(-c2c(-c3nn(C(C)C)c4ncnc(N)c34)noc2C2CC2)nc1. The van der Waals surface area contributed by atoms with Gasteiger partial charge < -0.3 is 16.0 Å². The van der Waals surface area contributed by atoms with Crippen LogP contribution in [0, 0.1) is 0 Å². The maximum Gasteiger partial charge on any atom is 0.165 e. The molecule has 1 atom stereocenters. The standard InChI is InChI=1S/C23H29N9O/c1-4-13(7-8-24)15-9-26-22(27-10-15)16-19(31-33-20(16)14-5-6-14)18-17-21(25)28-11-29-23(17)32(30-18)12(2)3/h9-14H,4-8,24H2,1-3H3,(H2,25,28,29). The molecule has 5 rings (SSSR count). The van der Waals surface area contributed by atoms with Gasteiger partial charge in [0, 0.05) is 24.4 Å². The number of rotatable bonds is 8. The molecule has 4 aromatic rings. The van der Waals surface area contributed by atoms with Crippen LogP contribution in [0.4, 0.5) is 5.82 Å². The summed E-state index contributed by atoms with van der Waals surface area (Å²) in [5.74, 6) is 2.39. The molecule has 0 saturated heterocycles. The first-order valence-corrected chi connectivity index (χ1v) is 11.5. The van der Waals surface area contributed by atoms with Crippen LogP contribution in [0.2, 0.25) is 0 Å². The minimum atomic E-state index is 0.0814. The zero-order valence-electron chi connectivity index (χ0n) is 19.2.